The molecule has 1 aromatic rings. The van der Waals surface area contributed by atoms with Crippen molar-refractivity contribution in [2.45, 2.75) is 13.8 Å². The van der Waals surface area contributed by atoms with Crippen molar-refractivity contribution in [1.82, 2.24) is 4.90 Å². The van der Waals surface area contributed by atoms with Crippen LogP contribution >= 0.6 is 0 Å². The van der Waals surface area contributed by atoms with Crippen molar-refractivity contribution < 1.29 is 13.6 Å². The number of anilines is 1. The minimum atomic E-state index is -0.836. The molecule has 0 radical (unpaired) electrons. The van der Waals surface area contributed by atoms with Crippen LogP contribution in [0.1, 0.15) is 13.8 Å². The first-order valence-corrected chi connectivity index (χ1v) is 6.48. The lowest BCUT2D eigenvalue weighted by molar-refractivity contribution is -0.134. The van der Waals surface area contributed by atoms with E-state index in [1.54, 1.807) is 6.07 Å². The van der Waals surface area contributed by atoms with Crippen LogP contribution < -0.4 is 4.90 Å². The predicted octanol–water partition coefficient (Wildman–Crippen LogP) is 2.27. The lowest BCUT2D eigenvalue weighted by atomic mass is 10.1. The number of carbonyl (C=O) groups excluding carboxylic acids is 1. The van der Waals surface area contributed by atoms with Crippen LogP contribution in [-0.4, -0.2) is 37.0 Å². The second-order valence-electron chi connectivity index (χ2n) is 5.07. The second kappa shape index (κ2) is 5.55. The highest BCUT2D eigenvalue weighted by molar-refractivity contribution is 5.78. The monoisotopic (exact) mass is 268 g/mol. The van der Waals surface area contributed by atoms with Crippen LogP contribution in [0.4, 0.5) is 14.5 Å². The van der Waals surface area contributed by atoms with Gasteiger partial charge >= 0.3 is 0 Å². The van der Waals surface area contributed by atoms with E-state index < -0.39 is 11.6 Å². The van der Waals surface area contributed by atoms with Crippen molar-refractivity contribution in [1.29, 1.82) is 0 Å². The van der Waals surface area contributed by atoms with Crippen molar-refractivity contribution in [3.8, 4) is 0 Å². The van der Waals surface area contributed by atoms with Gasteiger partial charge in [-0.15, -0.1) is 0 Å². The number of nitrogens with zero attached hydrogens (tertiary/aromatic N) is 2. The fourth-order valence-corrected chi connectivity index (χ4v) is 2.23. The molecule has 1 fully saturated rings. The second-order valence-corrected chi connectivity index (χ2v) is 5.07. The molecule has 1 amide bonds. The third kappa shape index (κ3) is 3.03. The first kappa shape index (κ1) is 13.8. The molecule has 19 heavy (non-hydrogen) atoms. The average Bonchev–Trinajstić information content (AvgIpc) is 2.41. The van der Waals surface area contributed by atoms with Crippen molar-refractivity contribution in [3.63, 3.8) is 0 Å². The molecule has 1 aliphatic heterocycles. The summed E-state index contributed by atoms with van der Waals surface area (Å²) in [4.78, 5) is 15.6. The molecule has 0 aromatic heterocycles. The summed E-state index contributed by atoms with van der Waals surface area (Å²) in [6, 6.07) is 3.91. The van der Waals surface area contributed by atoms with Gasteiger partial charge in [-0.2, -0.15) is 0 Å². The fraction of sp³-hybridized carbons (Fsp3) is 0.500. The lowest BCUT2D eigenvalue weighted by Gasteiger charge is -2.36. The number of piperazine rings is 1. The van der Waals surface area contributed by atoms with E-state index in [1.807, 2.05) is 23.6 Å². The Morgan fingerprint density at radius 3 is 2.26 bits per heavy atom. The van der Waals surface area contributed by atoms with E-state index in [0.29, 0.717) is 31.9 Å². The van der Waals surface area contributed by atoms with Crippen LogP contribution in [-0.2, 0) is 4.79 Å². The van der Waals surface area contributed by atoms with E-state index in [2.05, 4.69) is 0 Å². The van der Waals surface area contributed by atoms with Gasteiger partial charge in [0.25, 0.3) is 0 Å². The Morgan fingerprint density at radius 1 is 1.11 bits per heavy atom. The molecule has 3 nitrogen and oxygen atoms in total. The van der Waals surface area contributed by atoms with Crippen LogP contribution in [0.3, 0.4) is 0 Å². The molecule has 5 heteroatoms. The Balaban J connectivity index is 2.00. The lowest BCUT2D eigenvalue weighted by Crippen LogP contribution is -2.49. The minimum Gasteiger partial charge on any atom is -0.368 e. The SMILES string of the molecule is CC(C)C(=O)N1CCN(c2ccc(F)c(F)c2)CC1. The number of halogens is 2. The van der Waals surface area contributed by atoms with Crippen molar-refractivity contribution in [3.05, 3.63) is 29.8 Å². The van der Waals surface area contributed by atoms with Gasteiger partial charge in [0.15, 0.2) is 11.6 Å². The van der Waals surface area contributed by atoms with E-state index >= 15 is 0 Å². The van der Waals surface area contributed by atoms with Gasteiger partial charge in [0.05, 0.1) is 0 Å². The van der Waals surface area contributed by atoms with Gasteiger partial charge < -0.3 is 9.80 Å². The van der Waals surface area contributed by atoms with Gasteiger partial charge in [-0.1, -0.05) is 13.8 Å². The van der Waals surface area contributed by atoms with E-state index in [-0.39, 0.29) is 11.8 Å². The number of hydrogen-bond acceptors (Lipinski definition) is 2. The first-order chi connectivity index (χ1) is 8.99. The Labute approximate surface area is 111 Å². The number of hydrogen-bond donors (Lipinski definition) is 0. The molecule has 0 aliphatic carbocycles. The van der Waals surface area contributed by atoms with E-state index in [0.717, 1.165) is 6.07 Å². The van der Waals surface area contributed by atoms with Gasteiger partial charge in [0.2, 0.25) is 5.91 Å². The minimum absolute atomic E-state index is 0.00480. The zero-order valence-electron chi connectivity index (χ0n) is 11.2. The van der Waals surface area contributed by atoms with Crippen LogP contribution in [0.5, 0.6) is 0 Å². The fourth-order valence-electron chi connectivity index (χ4n) is 2.23. The van der Waals surface area contributed by atoms with Crippen LogP contribution in [0, 0.1) is 17.6 Å². The molecule has 1 aliphatic rings. The highest BCUT2D eigenvalue weighted by Gasteiger charge is 2.23. The molecule has 1 heterocycles. The predicted molar refractivity (Wildman–Crippen MR) is 70.0 cm³/mol. The smallest absolute Gasteiger partial charge is 0.225 e. The molecule has 0 unspecified atom stereocenters. The molecule has 0 spiro atoms. The van der Waals surface area contributed by atoms with E-state index in [4.69, 9.17) is 0 Å². The highest BCUT2D eigenvalue weighted by atomic mass is 19.2. The number of rotatable bonds is 2. The summed E-state index contributed by atoms with van der Waals surface area (Å²) >= 11 is 0. The molecule has 0 saturated carbocycles. The van der Waals surface area contributed by atoms with Crippen LogP contribution in [0.2, 0.25) is 0 Å². The van der Waals surface area contributed by atoms with Gasteiger partial charge in [-0.3, -0.25) is 4.79 Å². The maximum Gasteiger partial charge on any atom is 0.225 e. The summed E-state index contributed by atoms with van der Waals surface area (Å²) in [6.07, 6.45) is 0. The largest absolute Gasteiger partial charge is 0.368 e. The average molecular weight is 268 g/mol. The highest BCUT2D eigenvalue weighted by Crippen LogP contribution is 2.20. The Bertz CT molecular complexity index is 469. The van der Waals surface area contributed by atoms with Crippen molar-refractivity contribution >= 4 is 11.6 Å². The summed E-state index contributed by atoms with van der Waals surface area (Å²) in [6.45, 7) is 6.28. The van der Waals surface area contributed by atoms with Gasteiger partial charge in [0, 0.05) is 43.9 Å². The zero-order chi connectivity index (χ0) is 14.0. The molecule has 0 bridgehead atoms. The summed E-state index contributed by atoms with van der Waals surface area (Å²) in [5, 5.41) is 0. The third-order valence-corrected chi connectivity index (χ3v) is 3.35. The molecular weight excluding hydrogens is 250 g/mol. The normalized spacial score (nSPS) is 16.1. The maximum atomic E-state index is 13.2. The quantitative estimate of drug-likeness (QED) is 0.821. The summed E-state index contributed by atoms with van der Waals surface area (Å²) in [7, 11) is 0. The van der Waals surface area contributed by atoms with Gasteiger partial charge in [0.1, 0.15) is 0 Å². The molecule has 104 valence electrons. The Hall–Kier alpha value is -1.65. The molecular formula is C14H18F2N2O. The molecule has 1 aromatic carbocycles. The Morgan fingerprint density at radius 2 is 1.74 bits per heavy atom. The van der Waals surface area contributed by atoms with Crippen molar-refractivity contribution in [2.24, 2.45) is 5.92 Å². The van der Waals surface area contributed by atoms with Crippen molar-refractivity contribution in [2.75, 3.05) is 31.1 Å². The third-order valence-electron chi connectivity index (χ3n) is 3.35. The zero-order valence-corrected chi connectivity index (χ0v) is 11.2. The number of carbonyl (C=O) groups is 1. The van der Waals surface area contributed by atoms with E-state index in [9.17, 15) is 13.6 Å². The standard InChI is InChI=1S/C14H18F2N2O/c1-10(2)14(19)18-7-5-17(6-8-18)11-3-4-12(15)13(16)9-11/h3-4,9-10H,5-8H2,1-2H3. The van der Waals surface area contributed by atoms with Crippen LogP contribution in [0.15, 0.2) is 18.2 Å². The molecule has 0 atom stereocenters. The number of amides is 1. The summed E-state index contributed by atoms with van der Waals surface area (Å²) < 4.78 is 26.1. The number of benzene rings is 1. The van der Waals surface area contributed by atoms with Gasteiger partial charge in [-0.25, -0.2) is 8.78 Å². The maximum absolute atomic E-state index is 13.2. The summed E-state index contributed by atoms with van der Waals surface area (Å²) in [5.74, 6) is -1.53. The van der Waals surface area contributed by atoms with Crippen LogP contribution in [0.25, 0.3) is 0 Å². The molecule has 1 saturated heterocycles. The molecule has 2 rings (SSSR count). The topological polar surface area (TPSA) is 23.6 Å². The first-order valence-electron chi connectivity index (χ1n) is 6.48. The van der Waals surface area contributed by atoms with E-state index in [1.165, 1.54) is 6.07 Å². The van der Waals surface area contributed by atoms with Gasteiger partial charge in [-0.05, 0) is 12.1 Å². The molecule has 0 N–H and O–H groups in total. The Kier molecular flexibility index (Phi) is 4.02. The summed E-state index contributed by atoms with van der Waals surface area (Å²) in [5.41, 5.74) is 0.663.